The molecule has 3 saturated heterocycles. The van der Waals surface area contributed by atoms with Gasteiger partial charge in [-0.2, -0.15) is 5.06 Å². The van der Waals surface area contributed by atoms with Crippen LogP contribution in [0.3, 0.4) is 0 Å². The molecule has 2 bridgehead atoms. The number of hydrogen-bond donors (Lipinski definition) is 1. The van der Waals surface area contributed by atoms with E-state index in [0.717, 1.165) is 0 Å². The Morgan fingerprint density at radius 2 is 1.57 bits per heavy atom. The van der Waals surface area contributed by atoms with Crippen molar-refractivity contribution in [3.8, 4) is 0 Å². The molecule has 0 amide bonds. The molecule has 3 fully saturated rings. The van der Waals surface area contributed by atoms with Gasteiger partial charge < -0.3 is 17.7 Å². The van der Waals surface area contributed by atoms with Crippen LogP contribution >= 0.6 is 0 Å². The van der Waals surface area contributed by atoms with E-state index in [4.69, 9.17) is 22.5 Å². The first-order valence-corrected chi connectivity index (χ1v) is 17.5. The number of likely N-dealkylation sites (N-methyl/N-ethyl adjacent to an activating group) is 1. The van der Waals surface area contributed by atoms with E-state index in [1.165, 1.54) is 4.57 Å². The zero-order valence-corrected chi connectivity index (χ0v) is 26.2. The SMILES string of the molecule is Cc1cn([C@@H]2O[C@]34CO[Si](C(C)C)(C(C)C)O[Si](C(C)C)(C(C)C)OC3C2ON(C)[C@@H]4C)c(=O)[nH]c1=O. The van der Waals surface area contributed by atoms with E-state index in [0.29, 0.717) is 5.56 Å². The summed E-state index contributed by atoms with van der Waals surface area (Å²) in [7, 11) is -3.86. The maximum absolute atomic E-state index is 13.0. The minimum absolute atomic E-state index is 0.140. The first-order chi connectivity index (χ1) is 17.1. The third-order valence-corrected chi connectivity index (χ3v) is 18.9. The lowest BCUT2D eigenvalue weighted by atomic mass is 9.87. The molecule has 3 aliphatic heterocycles. The molecular formula is C25H45N3O7Si2. The standard InChI is InChI=1S/C25H45N3O7Si2/c1-14(2)36(15(3)4)31-13-25-19(10)27(11)33-20(21(25)34-37(35-36,16(5)6)17(7)8)23(32-25)28-12-18(9)22(29)26-24(28)30/h12,14-17,19-21,23H,13H2,1-11H3,(H,26,29,30)/t19-,20?,21?,23-,25+/m1/s1. The zero-order chi connectivity index (χ0) is 27.7. The summed E-state index contributed by atoms with van der Waals surface area (Å²) in [6.07, 6.45) is -0.417. The molecular weight excluding hydrogens is 510 g/mol. The number of hydroxylamine groups is 2. The van der Waals surface area contributed by atoms with Crippen molar-refractivity contribution in [1.29, 1.82) is 0 Å². The smallest absolute Gasteiger partial charge is 0.335 e. The lowest BCUT2D eigenvalue weighted by Gasteiger charge is -2.56. The van der Waals surface area contributed by atoms with Gasteiger partial charge in [0.1, 0.15) is 11.7 Å². The highest BCUT2D eigenvalue weighted by atomic mass is 28.5. The fraction of sp³-hybridized carbons (Fsp3) is 0.840. The highest BCUT2D eigenvalue weighted by Crippen LogP contribution is 2.54. The molecule has 0 saturated carbocycles. The number of aromatic amines is 1. The van der Waals surface area contributed by atoms with Crippen LogP contribution in [0, 0.1) is 6.92 Å². The molecule has 3 aliphatic rings. The number of nitrogens with one attached hydrogen (secondary N) is 1. The van der Waals surface area contributed by atoms with Gasteiger partial charge in [-0.3, -0.25) is 19.2 Å². The van der Waals surface area contributed by atoms with Crippen molar-refractivity contribution in [1.82, 2.24) is 14.6 Å². The molecule has 12 heteroatoms. The molecule has 4 heterocycles. The number of ether oxygens (including phenoxy) is 1. The van der Waals surface area contributed by atoms with Crippen LogP contribution < -0.4 is 11.2 Å². The maximum Gasteiger partial charge on any atom is 0.335 e. The number of nitrogens with zero attached hydrogens (tertiary/aromatic N) is 2. The lowest BCUT2D eigenvalue weighted by molar-refractivity contribution is -0.283. The second-order valence-electron chi connectivity index (χ2n) is 12.2. The van der Waals surface area contributed by atoms with Crippen molar-refractivity contribution >= 4 is 17.1 Å². The first kappa shape index (κ1) is 28.9. The van der Waals surface area contributed by atoms with Crippen molar-refractivity contribution in [3.63, 3.8) is 0 Å². The minimum Gasteiger partial charge on any atom is -0.414 e. The Bertz CT molecular complexity index is 1100. The number of hydrogen-bond acceptors (Lipinski definition) is 8. The van der Waals surface area contributed by atoms with Crippen molar-refractivity contribution in [2.45, 2.75) is 121 Å². The fourth-order valence-electron chi connectivity index (χ4n) is 6.35. The van der Waals surface area contributed by atoms with E-state index in [9.17, 15) is 9.59 Å². The van der Waals surface area contributed by atoms with Gasteiger partial charge in [0.25, 0.3) is 5.56 Å². The summed E-state index contributed by atoms with van der Waals surface area (Å²) in [4.78, 5) is 33.9. The molecule has 0 spiro atoms. The molecule has 2 unspecified atom stereocenters. The van der Waals surface area contributed by atoms with E-state index >= 15 is 0 Å². The summed E-state index contributed by atoms with van der Waals surface area (Å²) in [5.74, 6) is 0. The Hall–Kier alpha value is -1.13. The summed E-state index contributed by atoms with van der Waals surface area (Å²) < 4.78 is 30.0. The van der Waals surface area contributed by atoms with Crippen LogP contribution in [0.15, 0.2) is 15.8 Å². The maximum atomic E-state index is 13.0. The van der Waals surface area contributed by atoms with Crippen molar-refractivity contribution in [3.05, 3.63) is 32.6 Å². The quantitative estimate of drug-likeness (QED) is 0.549. The average molecular weight is 556 g/mol. The van der Waals surface area contributed by atoms with Crippen LogP contribution in [0.25, 0.3) is 0 Å². The van der Waals surface area contributed by atoms with Gasteiger partial charge in [-0.15, -0.1) is 0 Å². The summed E-state index contributed by atoms with van der Waals surface area (Å²) in [5, 5.41) is 1.79. The van der Waals surface area contributed by atoms with E-state index in [-0.39, 0.29) is 34.8 Å². The molecule has 37 heavy (non-hydrogen) atoms. The van der Waals surface area contributed by atoms with Gasteiger partial charge >= 0.3 is 22.8 Å². The molecule has 10 nitrogen and oxygen atoms in total. The zero-order valence-electron chi connectivity index (χ0n) is 24.2. The van der Waals surface area contributed by atoms with E-state index in [1.807, 2.05) is 14.0 Å². The molecule has 0 aromatic carbocycles. The number of aryl methyl sites for hydroxylation is 1. The molecule has 0 radical (unpaired) electrons. The molecule has 1 aromatic heterocycles. The molecule has 1 aromatic rings. The number of rotatable bonds is 5. The molecule has 1 N–H and O–H groups in total. The van der Waals surface area contributed by atoms with E-state index in [2.05, 4.69) is 60.4 Å². The number of H-pyrrole nitrogens is 1. The fourth-order valence-corrected chi connectivity index (χ4v) is 17.6. The Kier molecular flexibility index (Phi) is 7.65. The van der Waals surface area contributed by atoms with Gasteiger partial charge in [-0.1, -0.05) is 55.4 Å². The summed E-state index contributed by atoms with van der Waals surface area (Å²) >= 11 is 0. The summed E-state index contributed by atoms with van der Waals surface area (Å²) in [5.41, 5.74) is -0.778. The third kappa shape index (κ3) is 4.28. The predicted molar refractivity (Wildman–Crippen MR) is 145 cm³/mol. The topological polar surface area (TPSA) is 104 Å². The highest BCUT2D eigenvalue weighted by Gasteiger charge is 2.70. The van der Waals surface area contributed by atoms with E-state index < -0.39 is 52.4 Å². The van der Waals surface area contributed by atoms with Gasteiger partial charge in [0.15, 0.2) is 12.3 Å². The van der Waals surface area contributed by atoms with Crippen LogP contribution in [0.5, 0.6) is 0 Å². The Balaban J connectivity index is 1.94. The van der Waals surface area contributed by atoms with Crippen LogP contribution in [0.2, 0.25) is 22.2 Å². The normalized spacial score (nSPS) is 33.7. The predicted octanol–water partition coefficient (Wildman–Crippen LogP) is 3.70. The van der Waals surface area contributed by atoms with Crippen LogP contribution in [0.4, 0.5) is 0 Å². The molecule has 5 atom stereocenters. The summed E-state index contributed by atoms with van der Waals surface area (Å²) in [6.45, 7) is 21.4. The van der Waals surface area contributed by atoms with Crippen molar-refractivity contribution in [2.75, 3.05) is 13.7 Å². The summed E-state index contributed by atoms with van der Waals surface area (Å²) in [6, 6.07) is -0.228. The van der Waals surface area contributed by atoms with Crippen LogP contribution in [-0.4, -0.2) is 69.2 Å². The molecule has 4 rings (SSSR count). The van der Waals surface area contributed by atoms with Crippen molar-refractivity contribution < 1.29 is 22.5 Å². The Morgan fingerprint density at radius 1 is 1.00 bits per heavy atom. The molecule has 0 aliphatic carbocycles. The average Bonchev–Trinajstić information content (AvgIpc) is 3.01. The largest absolute Gasteiger partial charge is 0.414 e. The van der Waals surface area contributed by atoms with Crippen LogP contribution in [-0.2, 0) is 22.5 Å². The Morgan fingerprint density at radius 3 is 2.11 bits per heavy atom. The highest BCUT2D eigenvalue weighted by molar-refractivity contribution is 6.84. The lowest BCUT2D eigenvalue weighted by Crippen LogP contribution is -2.73. The number of aromatic nitrogens is 2. The van der Waals surface area contributed by atoms with Crippen molar-refractivity contribution in [2.24, 2.45) is 0 Å². The monoisotopic (exact) mass is 555 g/mol. The molecule has 210 valence electrons. The second kappa shape index (κ2) is 9.81. The first-order valence-electron chi connectivity index (χ1n) is 13.5. The Labute approximate surface area is 222 Å². The van der Waals surface area contributed by atoms with Crippen LogP contribution in [0.1, 0.15) is 74.1 Å². The van der Waals surface area contributed by atoms with Gasteiger partial charge in [0.2, 0.25) is 0 Å². The van der Waals surface area contributed by atoms with Gasteiger partial charge in [0, 0.05) is 18.8 Å². The third-order valence-electron chi connectivity index (χ3n) is 8.73. The van der Waals surface area contributed by atoms with Gasteiger partial charge in [-0.25, -0.2) is 4.79 Å². The minimum atomic E-state index is -2.94. The second-order valence-corrected chi connectivity index (χ2v) is 21.1. The van der Waals surface area contributed by atoms with Gasteiger partial charge in [-0.05, 0) is 36.0 Å². The van der Waals surface area contributed by atoms with E-state index in [1.54, 1.807) is 18.2 Å². The van der Waals surface area contributed by atoms with Gasteiger partial charge in [0.05, 0.1) is 12.6 Å².